The van der Waals surface area contributed by atoms with E-state index in [-0.39, 0.29) is 44.1 Å². The summed E-state index contributed by atoms with van der Waals surface area (Å²) in [7, 11) is -2.01. The Labute approximate surface area is 146 Å². The van der Waals surface area contributed by atoms with Crippen molar-refractivity contribution in [2.75, 3.05) is 32.5 Å². The number of carboxylic acid groups (broad SMARTS) is 1. The van der Waals surface area contributed by atoms with Crippen LogP contribution in [0.5, 0.6) is 5.75 Å². The Morgan fingerprint density at radius 1 is 1.24 bits per heavy atom. The van der Waals surface area contributed by atoms with Gasteiger partial charge in [0, 0.05) is 37.1 Å². The summed E-state index contributed by atoms with van der Waals surface area (Å²) in [5, 5.41) is 13.4. The lowest BCUT2D eigenvalue weighted by Crippen LogP contribution is -2.45. The molecule has 1 saturated heterocycles. The highest BCUT2D eigenvalue weighted by Gasteiger charge is 2.28. The van der Waals surface area contributed by atoms with Crippen LogP contribution in [0.15, 0.2) is 24.3 Å². The fraction of sp³-hybridized carbons (Fsp3) is 0.500. The molecular formula is C16H21N2O6S-. The second kappa shape index (κ2) is 8.30. The molecule has 0 unspecified atom stereocenters. The lowest BCUT2D eigenvalue weighted by molar-refractivity contribution is -0.312. The molecule has 1 aliphatic heterocycles. The molecule has 0 aromatic heterocycles. The van der Waals surface area contributed by atoms with Crippen molar-refractivity contribution in [3.8, 4) is 5.75 Å². The number of nitrogens with one attached hydrogen (secondary N) is 1. The number of amides is 1. The second-order valence-corrected chi connectivity index (χ2v) is 7.88. The number of carbonyl (C=O) groups excluding carboxylic acids is 2. The van der Waals surface area contributed by atoms with Crippen molar-refractivity contribution >= 4 is 21.9 Å². The Morgan fingerprint density at radius 3 is 2.36 bits per heavy atom. The van der Waals surface area contributed by atoms with Crippen LogP contribution in [0.1, 0.15) is 23.2 Å². The molecule has 1 aliphatic rings. The molecule has 25 heavy (non-hydrogen) atoms. The molecule has 1 heterocycles. The molecule has 0 aliphatic carbocycles. The second-order valence-electron chi connectivity index (χ2n) is 5.79. The van der Waals surface area contributed by atoms with E-state index in [1.807, 2.05) is 0 Å². The van der Waals surface area contributed by atoms with E-state index in [0.29, 0.717) is 11.3 Å². The average Bonchev–Trinajstić information content (AvgIpc) is 2.61. The lowest BCUT2D eigenvalue weighted by Gasteiger charge is -2.31. The zero-order valence-corrected chi connectivity index (χ0v) is 14.8. The molecule has 0 atom stereocenters. The summed E-state index contributed by atoms with van der Waals surface area (Å²) in [4.78, 5) is 22.8. The topological polar surface area (TPSA) is 116 Å². The summed E-state index contributed by atoms with van der Waals surface area (Å²) in [6, 6.07) is 6.47. The van der Waals surface area contributed by atoms with Crippen LogP contribution >= 0.6 is 0 Å². The van der Waals surface area contributed by atoms with Gasteiger partial charge in [-0.25, -0.2) is 12.7 Å². The molecule has 8 nitrogen and oxygen atoms in total. The van der Waals surface area contributed by atoms with Crippen molar-refractivity contribution in [3.63, 3.8) is 0 Å². The number of hydrogen-bond acceptors (Lipinski definition) is 6. The number of aliphatic carboxylic acids is 1. The van der Waals surface area contributed by atoms with Gasteiger partial charge in [0.2, 0.25) is 10.0 Å². The van der Waals surface area contributed by atoms with Gasteiger partial charge in [-0.3, -0.25) is 4.79 Å². The molecule has 0 saturated carbocycles. The van der Waals surface area contributed by atoms with Crippen LogP contribution in [0.2, 0.25) is 0 Å². The number of hydrogen-bond donors (Lipinski definition) is 1. The van der Waals surface area contributed by atoms with Crippen molar-refractivity contribution in [2.45, 2.75) is 12.8 Å². The highest BCUT2D eigenvalue weighted by molar-refractivity contribution is 7.89. The first kappa shape index (κ1) is 19.2. The summed E-state index contributed by atoms with van der Waals surface area (Å²) >= 11 is 0. The number of ether oxygens (including phenoxy) is 1. The third-order valence-corrected chi connectivity index (χ3v) is 6.05. The molecule has 1 aromatic carbocycles. The van der Waals surface area contributed by atoms with Gasteiger partial charge >= 0.3 is 0 Å². The molecule has 1 fully saturated rings. The highest BCUT2D eigenvalue weighted by atomic mass is 32.2. The Bertz CT molecular complexity index is 709. The van der Waals surface area contributed by atoms with Crippen LogP contribution in [0.4, 0.5) is 0 Å². The molecule has 1 aromatic rings. The van der Waals surface area contributed by atoms with Gasteiger partial charge in [-0.05, 0) is 37.1 Å². The molecule has 138 valence electrons. The molecule has 1 N–H and O–H groups in total. The van der Waals surface area contributed by atoms with Crippen LogP contribution in [0.25, 0.3) is 0 Å². The maximum absolute atomic E-state index is 12.3. The van der Waals surface area contributed by atoms with Crippen molar-refractivity contribution in [2.24, 2.45) is 5.92 Å². The molecule has 0 bridgehead atoms. The first-order chi connectivity index (χ1) is 11.8. The third-order valence-electron chi connectivity index (χ3n) is 4.18. The number of methoxy groups -OCH3 is 1. The van der Waals surface area contributed by atoms with Gasteiger partial charge in [-0.2, -0.15) is 0 Å². The van der Waals surface area contributed by atoms with Gasteiger partial charge in [0.25, 0.3) is 5.91 Å². The minimum atomic E-state index is -3.54. The highest BCUT2D eigenvalue weighted by Crippen LogP contribution is 2.19. The number of sulfonamides is 1. The predicted octanol–water partition coefficient (Wildman–Crippen LogP) is -0.783. The van der Waals surface area contributed by atoms with E-state index in [9.17, 15) is 23.1 Å². The van der Waals surface area contributed by atoms with Gasteiger partial charge in [0.05, 0.1) is 12.9 Å². The largest absolute Gasteiger partial charge is 0.550 e. The van der Waals surface area contributed by atoms with Crippen molar-refractivity contribution in [3.05, 3.63) is 29.8 Å². The van der Waals surface area contributed by atoms with Gasteiger partial charge in [-0.1, -0.05) is 0 Å². The molecule has 9 heteroatoms. The van der Waals surface area contributed by atoms with Gasteiger partial charge in [0.15, 0.2) is 0 Å². The standard InChI is InChI=1S/C16H22N2O6S/c1-24-14-4-2-12(3-5-14)15(19)17-8-11-25(22,23)18-9-6-13(7-10-18)16(20)21/h2-5,13H,6-11H2,1H3,(H,17,19)(H,20,21)/p-1. The Kier molecular flexibility index (Phi) is 6.38. The van der Waals surface area contributed by atoms with Crippen molar-refractivity contribution in [1.82, 2.24) is 9.62 Å². The van der Waals surface area contributed by atoms with Gasteiger partial charge in [-0.15, -0.1) is 0 Å². The van der Waals surface area contributed by atoms with E-state index in [4.69, 9.17) is 4.74 Å². The van der Waals surface area contributed by atoms with Crippen LogP contribution in [0, 0.1) is 5.92 Å². The first-order valence-electron chi connectivity index (χ1n) is 7.94. The van der Waals surface area contributed by atoms with E-state index < -0.39 is 21.9 Å². The van der Waals surface area contributed by atoms with Crippen molar-refractivity contribution in [1.29, 1.82) is 0 Å². The normalized spacial score (nSPS) is 16.4. The van der Waals surface area contributed by atoms with Gasteiger partial charge in [0.1, 0.15) is 5.75 Å². The Hall–Kier alpha value is -2.13. The zero-order chi connectivity index (χ0) is 18.4. The minimum absolute atomic E-state index is 0.0202. The molecule has 1 amide bonds. The number of benzene rings is 1. The number of nitrogens with zero attached hydrogens (tertiary/aromatic N) is 1. The van der Waals surface area contributed by atoms with Crippen LogP contribution in [0.3, 0.4) is 0 Å². The lowest BCUT2D eigenvalue weighted by atomic mass is 9.99. The predicted molar refractivity (Wildman–Crippen MR) is 88.4 cm³/mol. The van der Waals surface area contributed by atoms with E-state index in [2.05, 4.69) is 5.32 Å². The average molecular weight is 369 g/mol. The monoisotopic (exact) mass is 369 g/mol. The summed E-state index contributed by atoms with van der Waals surface area (Å²) in [5.41, 5.74) is 0.410. The summed E-state index contributed by atoms with van der Waals surface area (Å²) < 4.78 is 30.8. The quantitative estimate of drug-likeness (QED) is 0.674. The van der Waals surface area contributed by atoms with Crippen LogP contribution in [-0.2, 0) is 14.8 Å². The third kappa shape index (κ3) is 5.17. The van der Waals surface area contributed by atoms with E-state index >= 15 is 0 Å². The number of carbonyl (C=O) groups is 2. The fourth-order valence-electron chi connectivity index (χ4n) is 2.64. The fourth-order valence-corrected chi connectivity index (χ4v) is 4.02. The number of carboxylic acids is 1. The number of rotatable bonds is 7. The number of piperidine rings is 1. The smallest absolute Gasteiger partial charge is 0.251 e. The molecule has 2 rings (SSSR count). The van der Waals surface area contributed by atoms with E-state index in [1.54, 1.807) is 24.3 Å². The van der Waals surface area contributed by atoms with E-state index in [1.165, 1.54) is 11.4 Å². The van der Waals surface area contributed by atoms with Gasteiger partial charge < -0.3 is 20.0 Å². The Balaban J connectivity index is 1.81. The summed E-state index contributed by atoms with van der Waals surface area (Å²) in [6.07, 6.45) is 0.500. The SMILES string of the molecule is COc1ccc(C(=O)NCCS(=O)(=O)N2CCC(C(=O)[O-])CC2)cc1. The van der Waals surface area contributed by atoms with E-state index in [0.717, 1.165) is 0 Å². The maximum Gasteiger partial charge on any atom is 0.251 e. The Morgan fingerprint density at radius 2 is 1.84 bits per heavy atom. The van der Waals surface area contributed by atoms with Crippen molar-refractivity contribution < 1.29 is 27.9 Å². The zero-order valence-electron chi connectivity index (χ0n) is 13.9. The summed E-state index contributed by atoms with van der Waals surface area (Å²) in [6.45, 7) is 0.300. The van der Waals surface area contributed by atoms with Crippen LogP contribution in [-0.4, -0.2) is 57.1 Å². The first-order valence-corrected chi connectivity index (χ1v) is 9.55. The minimum Gasteiger partial charge on any atom is -0.550 e. The van der Waals surface area contributed by atoms with Crippen LogP contribution < -0.4 is 15.2 Å². The summed E-state index contributed by atoms with van der Waals surface area (Å²) in [5.74, 6) is -1.71. The molecule has 0 radical (unpaired) electrons. The maximum atomic E-state index is 12.3. The molecular weight excluding hydrogens is 348 g/mol. The molecule has 0 spiro atoms.